The van der Waals surface area contributed by atoms with E-state index in [0.29, 0.717) is 80.4 Å². The van der Waals surface area contributed by atoms with Crippen molar-refractivity contribution in [3.63, 3.8) is 0 Å². The predicted octanol–water partition coefficient (Wildman–Crippen LogP) is 4.48. The summed E-state index contributed by atoms with van der Waals surface area (Å²) < 4.78 is 29.2. The highest BCUT2D eigenvalue weighted by atomic mass is 16.6. The van der Waals surface area contributed by atoms with Crippen molar-refractivity contribution in [3.05, 3.63) is 86.7 Å². The van der Waals surface area contributed by atoms with E-state index in [1.54, 1.807) is 67.1 Å². The maximum absolute atomic E-state index is 13.7. The zero-order chi connectivity index (χ0) is 57.6. The van der Waals surface area contributed by atoms with Crippen LogP contribution in [0.1, 0.15) is 95.0 Å². The minimum Gasteiger partial charge on any atom is -0.458 e. The minimum atomic E-state index is -1.94. The van der Waals surface area contributed by atoms with Gasteiger partial charge in [-0.05, 0) is 79.1 Å². The van der Waals surface area contributed by atoms with E-state index in [4.69, 9.17) is 34.4 Å². The van der Waals surface area contributed by atoms with Gasteiger partial charge in [0.15, 0.2) is 5.60 Å². The van der Waals surface area contributed by atoms with Gasteiger partial charge in [0.25, 0.3) is 5.56 Å². The van der Waals surface area contributed by atoms with E-state index in [1.807, 2.05) is 34.6 Å². The molecule has 2 aromatic carbocycles. The number of anilines is 1. The molecule has 23 heteroatoms. The Labute approximate surface area is 459 Å². The Morgan fingerprint density at radius 1 is 0.873 bits per heavy atom. The number of hydrogen-bond donors (Lipinski definition) is 6. The minimum absolute atomic E-state index is 0.0307. The van der Waals surface area contributed by atoms with Crippen molar-refractivity contribution in [1.82, 2.24) is 35.3 Å². The molecule has 4 aromatic rings. The van der Waals surface area contributed by atoms with Crippen molar-refractivity contribution in [2.75, 3.05) is 72.0 Å². The fraction of sp³-hybridized carbons (Fsp3) is 0.518. The third kappa shape index (κ3) is 15.4. The van der Waals surface area contributed by atoms with Crippen LogP contribution in [0.15, 0.2) is 53.3 Å². The second kappa shape index (κ2) is 27.9. The third-order valence-electron chi connectivity index (χ3n) is 14.0. The van der Waals surface area contributed by atoms with Crippen LogP contribution >= 0.6 is 0 Å². The van der Waals surface area contributed by atoms with Gasteiger partial charge in [0.05, 0.1) is 61.5 Å². The SMILES string of the molecule is CCc1c2c(nc3ccc(OC(=O)N(C)CCN(C)C(=O)OCc4ccc(NC(=O)[C@H](CCCNC(N)=O)NC(=O)[C@@H](NCCOCCOCCC(=O)C(C)C)C(C)C)cc4)cc13)-c1cc3c(c(=O)n1C2)COC(=O)[C@]3(O)CC. The van der Waals surface area contributed by atoms with Crippen molar-refractivity contribution in [2.45, 2.75) is 111 Å². The van der Waals surface area contributed by atoms with E-state index in [9.17, 15) is 43.5 Å². The summed E-state index contributed by atoms with van der Waals surface area (Å²) in [5, 5.41) is 23.4. The molecule has 23 nitrogen and oxygen atoms in total. The van der Waals surface area contributed by atoms with Gasteiger partial charge in [-0.25, -0.2) is 24.2 Å². The van der Waals surface area contributed by atoms with Gasteiger partial charge in [-0.2, -0.15) is 0 Å². The Balaban J connectivity index is 0.965. The number of carbonyl (C=O) groups excluding carboxylic acids is 7. The summed E-state index contributed by atoms with van der Waals surface area (Å²) in [6.45, 7) is 13.0. The van der Waals surface area contributed by atoms with E-state index >= 15 is 0 Å². The fourth-order valence-corrected chi connectivity index (χ4v) is 9.19. The molecule has 2 aliphatic rings. The molecule has 7 N–H and O–H groups in total. The molecule has 79 heavy (non-hydrogen) atoms. The number of nitrogens with zero attached hydrogens (tertiary/aromatic N) is 4. The number of carbonyl (C=O) groups is 7. The first-order valence-electron chi connectivity index (χ1n) is 26.8. The Kier molecular flexibility index (Phi) is 21.5. The molecular weight excluding hydrogens is 1020 g/mol. The van der Waals surface area contributed by atoms with E-state index in [1.165, 1.54) is 16.8 Å². The number of rotatable bonds is 28. The first-order chi connectivity index (χ1) is 37.7. The zero-order valence-electron chi connectivity index (χ0n) is 46.4. The smallest absolute Gasteiger partial charge is 0.415 e. The summed E-state index contributed by atoms with van der Waals surface area (Å²) in [4.78, 5) is 110. The lowest BCUT2D eigenvalue weighted by Crippen LogP contribution is -2.53. The summed E-state index contributed by atoms with van der Waals surface area (Å²) in [5.41, 5.74) is 7.82. The lowest BCUT2D eigenvalue weighted by atomic mass is 9.86. The standard InChI is InChI=1S/C56H75N9O14/c1-9-38-39-28-37(17-18-43(39)61-48-40(38)30-65-45(48)29-42-41(51(65)69)32-77-52(70)56(42,74)10-2)79-55(73)64(8)23-22-63(7)54(72)78-31-35-13-15-36(16-14-35)60-49(67)44(12-11-20-59-53(57)71)62-50(68)47(34(5)6)58-21-25-76-27-26-75-24-19-46(66)33(3)4/h13-18,28-29,33-34,44,47,58,74H,9-12,19-27,30-32H2,1-8H3,(H,60,67)(H,62,68)(H3,57,59,71)/t44-,47-,56-/m0/s1. The van der Waals surface area contributed by atoms with Gasteiger partial charge in [-0.1, -0.05) is 53.7 Å². The Morgan fingerprint density at radius 3 is 2.23 bits per heavy atom. The number of hydrogen-bond acceptors (Lipinski definition) is 16. The number of benzene rings is 2. The van der Waals surface area contributed by atoms with E-state index < -0.39 is 53.7 Å². The number of aliphatic hydroxyl groups is 1. The van der Waals surface area contributed by atoms with Gasteiger partial charge >= 0.3 is 24.2 Å². The molecule has 0 aliphatic carbocycles. The number of aromatic nitrogens is 2. The molecule has 2 aromatic heterocycles. The van der Waals surface area contributed by atoms with Crippen LogP contribution < -0.4 is 37.3 Å². The topological polar surface area (TPSA) is 301 Å². The van der Waals surface area contributed by atoms with Gasteiger partial charge in [-0.15, -0.1) is 0 Å². The molecule has 4 heterocycles. The number of amides is 6. The van der Waals surface area contributed by atoms with Gasteiger partial charge in [0.2, 0.25) is 11.8 Å². The van der Waals surface area contributed by atoms with Crippen LogP contribution in [0.25, 0.3) is 22.3 Å². The number of primary amides is 1. The molecule has 428 valence electrons. The zero-order valence-corrected chi connectivity index (χ0v) is 46.4. The number of ketones is 1. The summed E-state index contributed by atoms with van der Waals surface area (Å²) in [6.07, 6.45) is 0.180. The maximum Gasteiger partial charge on any atom is 0.415 e. The van der Waals surface area contributed by atoms with Crippen LogP contribution in [-0.2, 0) is 69.9 Å². The monoisotopic (exact) mass is 1100 g/mol. The summed E-state index contributed by atoms with van der Waals surface area (Å²) in [5.74, 6) is -1.44. The highest BCUT2D eigenvalue weighted by Gasteiger charge is 2.45. The number of fused-ring (bicyclic) bond motifs is 5. The molecule has 0 bridgehead atoms. The second-order valence-corrected chi connectivity index (χ2v) is 20.3. The van der Waals surface area contributed by atoms with Crippen LogP contribution in [0, 0.1) is 11.8 Å². The Hall–Kier alpha value is -7.47. The van der Waals surface area contributed by atoms with Crippen LogP contribution in [0.3, 0.4) is 0 Å². The summed E-state index contributed by atoms with van der Waals surface area (Å²) in [6, 6.07) is 11.0. The van der Waals surface area contributed by atoms with E-state index in [2.05, 4.69) is 21.3 Å². The van der Waals surface area contributed by atoms with Crippen molar-refractivity contribution in [2.24, 2.45) is 17.6 Å². The van der Waals surface area contributed by atoms with E-state index in [-0.39, 0.29) is 92.3 Å². The van der Waals surface area contributed by atoms with Gasteiger partial charge in [0.1, 0.15) is 30.8 Å². The largest absolute Gasteiger partial charge is 0.458 e. The number of Topliss-reactive ketones (excluding diaryl/α,β-unsaturated/α-hetero) is 1. The third-order valence-corrected chi connectivity index (χ3v) is 14.0. The number of pyridine rings is 2. The molecule has 0 unspecified atom stereocenters. The highest BCUT2D eigenvalue weighted by molar-refractivity contribution is 5.98. The first kappa shape index (κ1) is 60.8. The van der Waals surface area contributed by atoms with Crippen LogP contribution in [0.5, 0.6) is 5.75 Å². The molecule has 2 aliphatic heterocycles. The maximum atomic E-state index is 13.7. The summed E-state index contributed by atoms with van der Waals surface area (Å²) in [7, 11) is 3.08. The molecular formula is C56H75N9O14. The van der Waals surface area contributed by atoms with Gasteiger partial charge in [-0.3, -0.25) is 19.2 Å². The normalized spacial score (nSPS) is 15.1. The quantitative estimate of drug-likeness (QED) is 0.0297. The van der Waals surface area contributed by atoms with Crippen LogP contribution in [0.4, 0.5) is 20.1 Å². The predicted molar refractivity (Wildman–Crippen MR) is 292 cm³/mol. The lowest BCUT2D eigenvalue weighted by Gasteiger charge is -2.31. The number of nitrogens with one attached hydrogen (secondary N) is 4. The number of urea groups is 1. The molecule has 0 fully saturated rings. The number of cyclic esters (lactones) is 1. The lowest BCUT2D eigenvalue weighted by molar-refractivity contribution is -0.172. The highest BCUT2D eigenvalue weighted by Crippen LogP contribution is 2.41. The molecule has 0 radical (unpaired) electrons. The van der Waals surface area contributed by atoms with Crippen molar-refractivity contribution in [3.8, 4) is 17.1 Å². The van der Waals surface area contributed by atoms with E-state index in [0.717, 1.165) is 16.5 Å². The van der Waals surface area contributed by atoms with Crippen molar-refractivity contribution < 1.29 is 62.4 Å². The van der Waals surface area contributed by atoms with Gasteiger partial charge in [0, 0.05) is 74.8 Å². The molecule has 6 amide bonds. The number of ether oxygens (including phenoxy) is 5. The molecule has 0 spiro atoms. The Bertz CT molecular complexity index is 2930. The van der Waals surface area contributed by atoms with Crippen LogP contribution in [-0.4, -0.2) is 145 Å². The number of esters is 1. The number of likely N-dealkylation sites (N-methyl/N-ethyl adjacent to an activating group) is 2. The summed E-state index contributed by atoms with van der Waals surface area (Å²) >= 11 is 0. The van der Waals surface area contributed by atoms with Crippen molar-refractivity contribution >= 4 is 58.4 Å². The average molecular weight is 1100 g/mol. The first-order valence-corrected chi connectivity index (χ1v) is 26.8. The fourth-order valence-electron chi connectivity index (χ4n) is 9.19. The molecule has 6 rings (SSSR count). The second-order valence-electron chi connectivity index (χ2n) is 20.3. The van der Waals surface area contributed by atoms with Crippen LogP contribution in [0.2, 0.25) is 0 Å². The van der Waals surface area contributed by atoms with Gasteiger partial charge < -0.3 is 70.2 Å². The number of aryl methyl sites for hydroxylation is 1. The molecule has 3 atom stereocenters. The molecule has 0 saturated carbocycles. The van der Waals surface area contributed by atoms with Crippen molar-refractivity contribution in [1.29, 1.82) is 0 Å². The molecule has 0 saturated heterocycles. The Morgan fingerprint density at radius 2 is 1.57 bits per heavy atom. The number of nitrogens with two attached hydrogens (primary N) is 1. The average Bonchev–Trinajstić information content (AvgIpc) is 4.01.